The molecule has 0 saturated heterocycles. The lowest BCUT2D eigenvalue weighted by Gasteiger charge is -2.16. The maximum atomic E-state index is 11.4. The molecule has 0 bridgehead atoms. The molecule has 0 fully saturated rings. The molecule has 2 nitrogen and oxygen atoms in total. The Bertz CT molecular complexity index is 218. The van der Waals surface area contributed by atoms with Crippen molar-refractivity contribution < 1.29 is 4.79 Å². The standard InChI is InChI=1S/C11H19NOS/c1-6-10(9(4)5)12-11(13)14-7-8(2)3/h1,8-10H,7H2,2-5H3,(H,12,13)/t10-/m1/s1. The molecule has 0 aliphatic rings. The van der Waals surface area contributed by atoms with Gasteiger partial charge in [-0.2, -0.15) is 0 Å². The van der Waals surface area contributed by atoms with Crippen LogP contribution in [0.2, 0.25) is 0 Å². The lowest BCUT2D eigenvalue weighted by Crippen LogP contribution is -2.35. The van der Waals surface area contributed by atoms with Crippen LogP contribution in [-0.2, 0) is 0 Å². The van der Waals surface area contributed by atoms with E-state index in [2.05, 4.69) is 25.1 Å². The third-order valence-electron chi connectivity index (χ3n) is 1.67. The Morgan fingerprint density at radius 3 is 2.36 bits per heavy atom. The van der Waals surface area contributed by atoms with E-state index in [-0.39, 0.29) is 17.2 Å². The first-order chi connectivity index (χ1) is 6.47. The number of rotatable bonds is 4. The fourth-order valence-corrected chi connectivity index (χ4v) is 1.51. The smallest absolute Gasteiger partial charge is 0.280 e. The number of hydrogen-bond acceptors (Lipinski definition) is 2. The molecule has 1 atom stereocenters. The monoisotopic (exact) mass is 213 g/mol. The minimum absolute atomic E-state index is 0.0182. The highest BCUT2D eigenvalue weighted by Crippen LogP contribution is 2.10. The van der Waals surface area contributed by atoms with Gasteiger partial charge in [0.25, 0.3) is 5.24 Å². The molecule has 80 valence electrons. The van der Waals surface area contributed by atoms with Gasteiger partial charge in [-0.3, -0.25) is 4.79 Å². The fraction of sp³-hybridized carbons (Fsp3) is 0.727. The second kappa shape index (κ2) is 6.78. The van der Waals surface area contributed by atoms with Crippen molar-refractivity contribution in [2.24, 2.45) is 11.8 Å². The second-order valence-electron chi connectivity index (χ2n) is 4.03. The molecular formula is C11H19NOS. The molecule has 1 amide bonds. The zero-order valence-corrected chi connectivity index (χ0v) is 10.1. The predicted octanol–water partition coefficient (Wildman–Crippen LogP) is 2.74. The van der Waals surface area contributed by atoms with Crippen LogP contribution in [0.5, 0.6) is 0 Å². The van der Waals surface area contributed by atoms with Crippen LogP contribution in [0.15, 0.2) is 0 Å². The Hall–Kier alpha value is -0.620. The summed E-state index contributed by atoms with van der Waals surface area (Å²) in [5.74, 6) is 4.21. The molecule has 0 aromatic rings. The Kier molecular flexibility index (Phi) is 6.48. The molecule has 0 spiro atoms. The van der Waals surface area contributed by atoms with Gasteiger partial charge in [0.1, 0.15) is 0 Å². The molecule has 0 saturated carbocycles. The summed E-state index contributed by atoms with van der Waals surface area (Å²) in [4.78, 5) is 11.4. The van der Waals surface area contributed by atoms with Crippen molar-refractivity contribution in [1.82, 2.24) is 5.32 Å². The fourth-order valence-electron chi connectivity index (χ4n) is 0.812. The van der Waals surface area contributed by atoms with Crippen LogP contribution >= 0.6 is 11.8 Å². The number of thioether (sulfide) groups is 1. The van der Waals surface area contributed by atoms with Crippen LogP contribution in [0.1, 0.15) is 27.7 Å². The Morgan fingerprint density at radius 1 is 1.43 bits per heavy atom. The van der Waals surface area contributed by atoms with Crippen LogP contribution in [0.25, 0.3) is 0 Å². The summed E-state index contributed by atoms with van der Waals surface area (Å²) < 4.78 is 0. The molecule has 14 heavy (non-hydrogen) atoms. The van der Waals surface area contributed by atoms with E-state index in [0.717, 1.165) is 5.75 Å². The van der Waals surface area contributed by atoms with E-state index in [1.165, 1.54) is 11.8 Å². The van der Waals surface area contributed by atoms with Crippen molar-refractivity contribution >= 4 is 17.0 Å². The molecule has 0 aromatic heterocycles. The number of carbonyl (C=O) groups excluding carboxylic acids is 1. The van der Waals surface area contributed by atoms with Crippen LogP contribution < -0.4 is 5.32 Å². The summed E-state index contributed by atoms with van der Waals surface area (Å²) in [5, 5.41) is 2.79. The first-order valence-corrected chi connectivity index (χ1v) is 5.85. The molecule has 0 aliphatic heterocycles. The van der Waals surface area contributed by atoms with Gasteiger partial charge in [-0.15, -0.1) is 6.42 Å². The summed E-state index contributed by atoms with van der Waals surface area (Å²) in [5.41, 5.74) is 0. The number of carbonyl (C=O) groups is 1. The van der Waals surface area contributed by atoms with Gasteiger partial charge >= 0.3 is 0 Å². The molecule has 0 aromatic carbocycles. The number of nitrogens with one attached hydrogen (secondary N) is 1. The van der Waals surface area contributed by atoms with E-state index in [0.29, 0.717) is 5.92 Å². The van der Waals surface area contributed by atoms with E-state index < -0.39 is 0 Å². The van der Waals surface area contributed by atoms with Crippen molar-refractivity contribution in [3.05, 3.63) is 0 Å². The van der Waals surface area contributed by atoms with Crippen molar-refractivity contribution in [2.45, 2.75) is 33.7 Å². The molecule has 3 heteroatoms. The number of amides is 1. The highest BCUT2D eigenvalue weighted by molar-refractivity contribution is 8.13. The maximum absolute atomic E-state index is 11.4. The molecule has 0 aliphatic carbocycles. The SMILES string of the molecule is C#C[C@@H](NC(=O)SCC(C)C)C(C)C. The van der Waals surface area contributed by atoms with E-state index >= 15 is 0 Å². The first-order valence-electron chi connectivity index (χ1n) is 4.86. The Balaban J connectivity index is 3.87. The lowest BCUT2D eigenvalue weighted by atomic mass is 10.1. The normalized spacial score (nSPS) is 12.6. The van der Waals surface area contributed by atoms with Crippen LogP contribution in [-0.4, -0.2) is 17.0 Å². The van der Waals surface area contributed by atoms with Crippen molar-refractivity contribution in [3.8, 4) is 12.3 Å². The first kappa shape index (κ1) is 13.4. The molecule has 1 N–H and O–H groups in total. The zero-order valence-electron chi connectivity index (χ0n) is 9.33. The average Bonchev–Trinajstić information content (AvgIpc) is 2.10. The summed E-state index contributed by atoms with van der Waals surface area (Å²) in [6.07, 6.45) is 5.30. The maximum Gasteiger partial charge on any atom is 0.280 e. The molecule has 0 heterocycles. The van der Waals surface area contributed by atoms with Gasteiger partial charge in [0, 0.05) is 5.75 Å². The van der Waals surface area contributed by atoms with Gasteiger partial charge in [0.05, 0.1) is 6.04 Å². The molecule has 0 rings (SSSR count). The van der Waals surface area contributed by atoms with Crippen LogP contribution in [0, 0.1) is 24.2 Å². The second-order valence-corrected chi connectivity index (χ2v) is 5.02. The average molecular weight is 213 g/mol. The van der Waals surface area contributed by atoms with Crippen molar-refractivity contribution in [2.75, 3.05) is 5.75 Å². The molecular weight excluding hydrogens is 194 g/mol. The largest absolute Gasteiger partial charge is 0.333 e. The van der Waals surface area contributed by atoms with E-state index in [4.69, 9.17) is 6.42 Å². The minimum atomic E-state index is -0.151. The predicted molar refractivity (Wildman–Crippen MR) is 63.3 cm³/mol. The highest BCUT2D eigenvalue weighted by Gasteiger charge is 2.13. The topological polar surface area (TPSA) is 29.1 Å². The van der Waals surface area contributed by atoms with Gasteiger partial charge in [0.2, 0.25) is 0 Å². The summed E-state index contributed by atoms with van der Waals surface area (Å²) >= 11 is 1.30. The van der Waals surface area contributed by atoms with Crippen molar-refractivity contribution in [3.63, 3.8) is 0 Å². The summed E-state index contributed by atoms with van der Waals surface area (Å²) in [6.45, 7) is 8.17. The van der Waals surface area contributed by atoms with Gasteiger partial charge < -0.3 is 5.32 Å². The third-order valence-corrected chi connectivity index (χ3v) is 2.88. The van der Waals surface area contributed by atoms with E-state index in [9.17, 15) is 4.79 Å². The summed E-state index contributed by atoms with van der Waals surface area (Å²) in [7, 11) is 0. The van der Waals surface area contributed by atoms with Gasteiger partial charge in [-0.1, -0.05) is 45.4 Å². The quantitative estimate of drug-likeness (QED) is 0.728. The van der Waals surface area contributed by atoms with Gasteiger partial charge in [-0.25, -0.2) is 0 Å². The number of terminal acetylenes is 1. The zero-order chi connectivity index (χ0) is 11.1. The minimum Gasteiger partial charge on any atom is -0.333 e. The lowest BCUT2D eigenvalue weighted by molar-refractivity contribution is 0.257. The molecule has 0 radical (unpaired) electrons. The van der Waals surface area contributed by atoms with Gasteiger partial charge in [0.15, 0.2) is 0 Å². The Morgan fingerprint density at radius 2 is 2.00 bits per heavy atom. The Labute approximate surface area is 91.2 Å². The van der Waals surface area contributed by atoms with Crippen LogP contribution in [0.3, 0.4) is 0 Å². The number of hydrogen-bond donors (Lipinski definition) is 1. The highest BCUT2D eigenvalue weighted by atomic mass is 32.2. The van der Waals surface area contributed by atoms with Crippen LogP contribution in [0.4, 0.5) is 4.79 Å². The van der Waals surface area contributed by atoms with E-state index in [1.54, 1.807) is 0 Å². The third kappa shape index (κ3) is 5.93. The molecule has 0 unspecified atom stereocenters. The summed E-state index contributed by atoms with van der Waals surface area (Å²) in [6, 6.07) is -0.151. The van der Waals surface area contributed by atoms with E-state index in [1.807, 2.05) is 13.8 Å². The van der Waals surface area contributed by atoms with Crippen molar-refractivity contribution in [1.29, 1.82) is 0 Å². The van der Waals surface area contributed by atoms with Gasteiger partial charge in [-0.05, 0) is 11.8 Å².